The lowest BCUT2D eigenvalue weighted by atomic mass is 9.69. The van der Waals surface area contributed by atoms with Crippen LogP contribution in [0, 0.1) is 5.92 Å². The van der Waals surface area contributed by atoms with E-state index in [0.717, 1.165) is 24.5 Å². The van der Waals surface area contributed by atoms with Crippen LogP contribution >= 0.6 is 11.3 Å². The molecular weight excluding hydrogens is 372 g/mol. The highest BCUT2D eigenvalue weighted by atomic mass is 32.1. The van der Waals surface area contributed by atoms with Gasteiger partial charge in [-0.1, -0.05) is 52.8 Å². The summed E-state index contributed by atoms with van der Waals surface area (Å²) < 4.78 is 0. The number of nitrogens with zero attached hydrogens (tertiary/aromatic N) is 2. The standard InChI is InChI=1S/C26H36N2S/c1-8-19-15-20(17(2)3)11-12-21(19)28(16-18-9-10-18)24-27-22-23(29-24)26(6,7)14-13-25(22,4)5/h11-12,15,18H,2,8-10,13-14,16H2,1,3-7H3. The molecule has 1 fully saturated rings. The van der Waals surface area contributed by atoms with Gasteiger partial charge in [-0.25, -0.2) is 4.98 Å². The van der Waals surface area contributed by atoms with E-state index in [1.165, 1.54) is 58.2 Å². The maximum atomic E-state index is 5.32. The van der Waals surface area contributed by atoms with Gasteiger partial charge in [0.2, 0.25) is 0 Å². The zero-order chi connectivity index (χ0) is 21.0. The van der Waals surface area contributed by atoms with Crippen LogP contribution in [-0.4, -0.2) is 11.5 Å². The molecule has 1 aromatic carbocycles. The number of aromatic nitrogens is 1. The Labute approximate surface area is 181 Å². The Bertz CT molecular complexity index is 897. The average molecular weight is 409 g/mol. The SMILES string of the molecule is C=C(C)c1ccc(N(CC2CC2)c2nc3c(s2)C(C)(C)CCC3(C)C)c(CC)c1. The molecule has 1 saturated carbocycles. The van der Waals surface area contributed by atoms with Gasteiger partial charge in [-0.15, -0.1) is 11.3 Å². The van der Waals surface area contributed by atoms with Gasteiger partial charge >= 0.3 is 0 Å². The predicted molar refractivity (Wildman–Crippen MR) is 128 cm³/mol. The minimum absolute atomic E-state index is 0.169. The van der Waals surface area contributed by atoms with Crippen molar-refractivity contribution in [2.45, 2.75) is 84.5 Å². The van der Waals surface area contributed by atoms with Crippen LogP contribution in [0.1, 0.15) is 88.9 Å². The summed E-state index contributed by atoms with van der Waals surface area (Å²) in [5.41, 5.74) is 6.85. The Balaban J connectivity index is 1.82. The monoisotopic (exact) mass is 408 g/mol. The third-order valence-corrected chi connectivity index (χ3v) is 8.30. The summed E-state index contributed by atoms with van der Waals surface area (Å²) in [6.45, 7) is 19.1. The smallest absolute Gasteiger partial charge is 0.190 e. The highest BCUT2D eigenvalue weighted by Gasteiger charge is 2.41. The van der Waals surface area contributed by atoms with E-state index < -0.39 is 0 Å². The van der Waals surface area contributed by atoms with E-state index in [-0.39, 0.29) is 10.8 Å². The molecule has 0 unspecified atom stereocenters. The van der Waals surface area contributed by atoms with Gasteiger partial charge in [-0.05, 0) is 68.2 Å². The first kappa shape index (κ1) is 20.7. The number of allylic oxidation sites excluding steroid dienone is 1. The molecule has 1 heterocycles. The van der Waals surface area contributed by atoms with Crippen molar-refractivity contribution in [2.24, 2.45) is 5.92 Å². The number of rotatable bonds is 6. The van der Waals surface area contributed by atoms with Crippen LogP contribution in [0.5, 0.6) is 0 Å². The molecule has 2 nitrogen and oxygen atoms in total. The highest BCUT2D eigenvalue weighted by molar-refractivity contribution is 7.16. The number of aryl methyl sites for hydroxylation is 1. The van der Waals surface area contributed by atoms with Crippen molar-refractivity contribution in [3.63, 3.8) is 0 Å². The van der Waals surface area contributed by atoms with Crippen LogP contribution in [0.3, 0.4) is 0 Å². The van der Waals surface area contributed by atoms with Gasteiger partial charge < -0.3 is 4.90 Å². The summed E-state index contributed by atoms with van der Waals surface area (Å²) in [5, 5.41) is 1.20. The number of thiazole rings is 1. The van der Waals surface area contributed by atoms with Gasteiger partial charge in [0.25, 0.3) is 0 Å². The molecule has 4 rings (SSSR count). The molecule has 0 spiro atoms. The van der Waals surface area contributed by atoms with Crippen molar-refractivity contribution in [2.75, 3.05) is 11.4 Å². The van der Waals surface area contributed by atoms with Crippen molar-refractivity contribution in [1.82, 2.24) is 4.98 Å². The molecule has 0 atom stereocenters. The van der Waals surface area contributed by atoms with Crippen molar-refractivity contribution < 1.29 is 0 Å². The molecule has 3 heteroatoms. The fourth-order valence-electron chi connectivity index (χ4n) is 4.43. The quantitative estimate of drug-likeness (QED) is 0.488. The van der Waals surface area contributed by atoms with Crippen LogP contribution in [0.15, 0.2) is 24.8 Å². The topological polar surface area (TPSA) is 16.1 Å². The molecule has 0 N–H and O–H groups in total. The second-order valence-corrected chi connectivity index (χ2v) is 11.5. The summed E-state index contributed by atoms with van der Waals surface area (Å²) >= 11 is 1.94. The van der Waals surface area contributed by atoms with Gasteiger partial charge in [-0.2, -0.15) is 0 Å². The van der Waals surface area contributed by atoms with Crippen molar-refractivity contribution in [3.8, 4) is 0 Å². The second kappa shape index (κ2) is 7.27. The average Bonchev–Trinajstić information content (AvgIpc) is 3.37. The van der Waals surface area contributed by atoms with Crippen LogP contribution in [0.4, 0.5) is 10.8 Å². The number of fused-ring (bicyclic) bond motifs is 1. The summed E-state index contributed by atoms with van der Waals surface area (Å²) in [4.78, 5) is 9.35. The van der Waals surface area contributed by atoms with E-state index in [0.29, 0.717) is 0 Å². The van der Waals surface area contributed by atoms with Crippen molar-refractivity contribution in [1.29, 1.82) is 0 Å². The van der Waals surface area contributed by atoms with Crippen LogP contribution < -0.4 is 4.90 Å². The molecule has 2 aliphatic rings. The zero-order valence-corrected chi connectivity index (χ0v) is 19.9. The molecule has 0 amide bonds. The lowest BCUT2D eigenvalue weighted by Crippen LogP contribution is -2.32. The van der Waals surface area contributed by atoms with Gasteiger partial charge in [0.1, 0.15) is 0 Å². The molecule has 0 aliphatic heterocycles. The Hall–Kier alpha value is -1.61. The largest absolute Gasteiger partial charge is 0.317 e. The summed E-state index contributed by atoms with van der Waals surface area (Å²) in [7, 11) is 0. The van der Waals surface area contributed by atoms with Gasteiger partial charge in [0.05, 0.1) is 5.69 Å². The molecular formula is C26H36N2S. The first-order valence-corrected chi connectivity index (χ1v) is 12.0. The van der Waals surface area contributed by atoms with E-state index >= 15 is 0 Å². The van der Waals surface area contributed by atoms with Gasteiger partial charge in [0, 0.05) is 27.9 Å². The summed E-state index contributed by atoms with van der Waals surface area (Å²) in [6, 6.07) is 6.87. The molecule has 0 bridgehead atoms. The Kier molecular flexibility index (Phi) is 5.17. The normalized spacial score (nSPS) is 19.7. The zero-order valence-electron chi connectivity index (χ0n) is 19.1. The number of hydrogen-bond donors (Lipinski definition) is 0. The molecule has 156 valence electrons. The third-order valence-electron chi connectivity index (χ3n) is 6.86. The molecule has 0 saturated heterocycles. The molecule has 2 aromatic rings. The minimum Gasteiger partial charge on any atom is -0.317 e. The number of anilines is 2. The number of benzene rings is 1. The Morgan fingerprint density at radius 1 is 1.17 bits per heavy atom. The second-order valence-electron chi connectivity index (χ2n) is 10.5. The van der Waals surface area contributed by atoms with Gasteiger partial charge in [0.15, 0.2) is 5.13 Å². The maximum absolute atomic E-state index is 5.32. The first-order chi connectivity index (χ1) is 13.6. The van der Waals surface area contributed by atoms with E-state index in [4.69, 9.17) is 4.98 Å². The van der Waals surface area contributed by atoms with Gasteiger partial charge in [-0.3, -0.25) is 0 Å². The van der Waals surface area contributed by atoms with Crippen LogP contribution in [0.2, 0.25) is 0 Å². The summed E-state index contributed by atoms with van der Waals surface area (Å²) in [6.07, 6.45) is 6.19. The molecule has 29 heavy (non-hydrogen) atoms. The molecule has 2 aliphatic carbocycles. The summed E-state index contributed by atoms with van der Waals surface area (Å²) in [5.74, 6) is 0.808. The van der Waals surface area contributed by atoms with Crippen molar-refractivity contribution in [3.05, 3.63) is 46.5 Å². The Morgan fingerprint density at radius 3 is 2.45 bits per heavy atom. The lowest BCUT2D eigenvalue weighted by Gasteiger charge is -2.37. The predicted octanol–water partition coefficient (Wildman–Crippen LogP) is 7.64. The van der Waals surface area contributed by atoms with Crippen molar-refractivity contribution >= 4 is 27.7 Å². The Morgan fingerprint density at radius 2 is 1.86 bits per heavy atom. The minimum atomic E-state index is 0.169. The first-order valence-electron chi connectivity index (χ1n) is 11.2. The van der Waals surface area contributed by atoms with Crippen LogP contribution in [-0.2, 0) is 17.3 Å². The van der Waals surface area contributed by atoms with E-state index in [1.54, 1.807) is 0 Å². The number of hydrogen-bond acceptors (Lipinski definition) is 3. The molecule has 0 radical (unpaired) electrons. The lowest BCUT2D eigenvalue weighted by molar-refractivity contribution is 0.331. The third kappa shape index (κ3) is 3.91. The maximum Gasteiger partial charge on any atom is 0.190 e. The molecule has 1 aromatic heterocycles. The fraction of sp³-hybridized carbons (Fsp3) is 0.577. The highest BCUT2D eigenvalue weighted by Crippen LogP contribution is 2.51. The van der Waals surface area contributed by atoms with E-state index in [9.17, 15) is 0 Å². The van der Waals surface area contributed by atoms with E-state index in [2.05, 4.69) is 71.2 Å². The fourth-order valence-corrected chi connectivity index (χ4v) is 5.83. The van der Waals surface area contributed by atoms with E-state index in [1.807, 2.05) is 11.3 Å². The van der Waals surface area contributed by atoms with Crippen LogP contribution in [0.25, 0.3) is 5.57 Å².